The molecule has 0 radical (unpaired) electrons. The van der Waals surface area contributed by atoms with Gasteiger partial charge < -0.3 is 9.57 Å². The van der Waals surface area contributed by atoms with Gasteiger partial charge in [-0.2, -0.15) is 0 Å². The van der Waals surface area contributed by atoms with Gasteiger partial charge in [0.25, 0.3) is 0 Å². The maximum Gasteiger partial charge on any atom is 0.357 e. The van der Waals surface area contributed by atoms with Crippen LogP contribution in [-0.4, -0.2) is 36.4 Å². The molecule has 0 aromatic heterocycles. The van der Waals surface area contributed by atoms with Gasteiger partial charge in [-0.1, -0.05) is 11.2 Å². The molecule has 0 rings (SSSR count). The standard InChI is InChI=1S/C10H17NO3S/c1-5-7-15-8(3)9(11-13-4)10(12)14-6-2/h5,8H,1,6-7H2,2-4H3. The predicted molar refractivity (Wildman–Crippen MR) is 63.2 cm³/mol. The lowest BCUT2D eigenvalue weighted by molar-refractivity contribution is -0.135. The molecule has 0 heterocycles. The number of hydrogen-bond acceptors (Lipinski definition) is 5. The van der Waals surface area contributed by atoms with Crippen molar-refractivity contribution in [3.05, 3.63) is 12.7 Å². The molecular weight excluding hydrogens is 214 g/mol. The first-order chi connectivity index (χ1) is 7.17. The second kappa shape index (κ2) is 8.35. The van der Waals surface area contributed by atoms with Crippen molar-refractivity contribution in [2.75, 3.05) is 19.5 Å². The van der Waals surface area contributed by atoms with Crippen molar-refractivity contribution >= 4 is 23.4 Å². The number of oxime groups is 1. The average molecular weight is 231 g/mol. The molecule has 0 aliphatic carbocycles. The maximum atomic E-state index is 11.5. The Morgan fingerprint density at radius 2 is 2.33 bits per heavy atom. The first kappa shape index (κ1) is 14.0. The minimum Gasteiger partial charge on any atom is -0.461 e. The number of rotatable bonds is 7. The molecule has 0 saturated carbocycles. The topological polar surface area (TPSA) is 47.9 Å². The van der Waals surface area contributed by atoms with Gasteiger partial charge in [0, 0.05) is 5.75 Å². The molecule has 0 amide bonds. The van der Waals surface area contributed by atoms with Gasteiger partial charge in [0.1, 0.15) is 7.11 Å². The second-order valence-corrected chi connectivity index (χ2v) is 4.02. The first-order valence-corrected chi connectivity index (χ1v) is 5.72. The van der Waals surface area contributed by atoms with Crippen LogP contribution in [0.5, 0.6) is 0 Å². The fourth-order valence-corrected chi connectivity index (χ4v) is 1.59. The molecule has 0 bridgehead atoms. The molecule has 1 atom stereocenters. The van der Waals surface area contributed by atoms with E-state index in [1.165, 1.54) is 7.11 Å². The van der Waals surface area contributed by atoms with Gasteiger partial charge in [0.05, 0.1) is 11.9 Å². The molecule has 0 aliphatic heterocycles. The minimum absolute atomic E-state index is 0.0676. The maximum absolute atomic E-state index is 11.5. The van der Waals surface area contributed by atoms with Gasteiger partial charge in [-0.05, 0) is 13.8 Å². The Bertz CT molecular complexity index is 241. The van der Waals surface area contributed by atoms with Crippen LogP contribution < -0.4 is 0 Å². The Labute approximate surface area is 94.7 Å². The van der Waals surface area contributed by atoms with Crippen LogP contribution in [0.3, 0.4) is 0 Å². The molecule has 0 aliphatic rings. The van der Waals surface area contributed by atoms with Gasteiger partial charge in [0.15, 0.2) is 5.71 Å². The van der Waals surface area contributed by atoms with Crippen LogP contribution in [0, 0.1) is 0 Å². The molecule has 0 aromatic carbocycles. The summed E-state index contributed by atoms with van der Waals surface area (Å²) >= 11 is 1.55. The number of nitrogens with zero attached hydrogens (tertiary/aromatic N) is 1. The normalized spacial score (nSPS) is 13.1. The Kier molecular flexibility index (Phi) is 7.81. The Morgan fingerprint density at radius 3 is 2.80 bits per heavy atom. The van der Waals surface area contributed by atoms with Crippen LogP contribution in [0.1, 0.15) is 13.8 Å². The van der Waals surface area contributed by atoms with Gasteiger partial charge in [-0.25, -0.2) is 4.79 Å². The summed E-state index contributed by atoms with van der Waals surface area (Å²) in [6.45, 7) is 7.58. The minimum atomic E-state index is -0.427. The first-order valence-electron chi connectivity index (χ1n) is 4.68. The number of carbonyl (C=O) groups is 1. The highest BCUT2D eigenvalue weighted by atomic mass is 32.2. The number of carbonyl (C=O) groups excluding carboxylic acids is 1. The summed E-state index contributed by atoms with van der Waals surface area (Å²) in [6.07, 6.45) is 1.77. The van der Waals surface area contributed by atoms with E-state index in [0.29, 0.717) is 12.3 Å². The molecule has 4 nitrogen and oxygen atoms in total. The molecule has 0 spiro atoms. The molecule has 5 heteroatoms. The fraction of sp³-hybridized carbons (Fsp3) is 0.600. The van der Waals surface area contributed by atoms with Gasteiger partial charge in [0.2, 0.25) is 0 Å². The van der Waals surface area contributed by atoms with E-state index in [2.05, 4.69) is 16.6 Å². The lowest BCUT2D eigenvalue weighted by Gasteiger charge is -2.11. The predicted octanol–water partition coefficient (Wildman–Crippen LogP) is 1.86. The summed E-state index contributed by atoms with van der Waals surface area (Å²) in [6, 6.07) is 0. The zero-order valence-electron chi connectivity index (χ0n) is 9.36. The fourth-order valence-electron chi connectivity index (χ4n) is 0.872. The highest BCUT2D eigenvalue weighted by Gasteiger charge is 2.21. The largest absolute Gasteiger partial charge is 0.461 e. The van der Waals surface area contributed by atoms with Crippen molar-refractivity contribution < 1.29 is 14.4 Å². The Morgan fingerprint density at radius 1 is 1.67 bits per heavy atom. The van der Waals surface area contributed by atoms with E-state index >= 15 is 0 Å². The molecule has 0 saturated heterocycles. The van der Waals surface area contributed by atoms with E-state index in [-0.39, 0.29) is 5.25 Å². The van der Waals surface area contributed by atoms with Crippen molar-refractivity contribution in [1.82, 2.24) is 0 Å². The summed E-state index contributed by atoms with van der Waals surface area (Å²) in [5, 5.41) is 3.61. The summed E-state index contributed by atoms with van der Waals surface area (Å²) in [4.78, 5) is 16.1. The molecular formula is C10H17NO3S. The van der Waals surface area contributed by atoms with E-state index in [0.717, 1.165) is 5.75 Å². The zero-order chi connectivity index (χ0) is 11.7. The number of ether oxygens (including phenoxy) is 1. The third kappa shape index (κ3) is 5.47. The molecule has 0 N–H and O–H groups in total. The molecule has 0 aromatic rings. The van der Waals surface area contributed by atoms with Crippen LogP contribution in [0.2, 0.25) is 0 Å². The highest BCUT2D eigenvalue weighted by Crippen LogP contribution is 2.13. The van der Waals surface area contributed by atoms with Crippen LogP contribution in [-0.2, 0) is 14.4 Å². The molecule has 0 fully saturated rings. The highest BCUT2D eigenvalue weighted by molar-refractivity contribution is 8.00. The van der Waals surface area contributed by atoms with E-state index in [1.807, 2.05) is 6.92 Å². The van der Waals surface area contributed by atoms with Crippen LogP contribution >= 0.6 is 11.8 Å². The lowest BCUT2D eigenvalue weighted by atomic mass is 10.3. The zero-order valence-corrected chi connectivity index (χ0v) is 10.2. The van der Waals surface area contributed by atoms with Gasteiger partial charge >= 0.3 is 5.97 Å². The average Bonchev–Trinajstić information content (AvgIpc) is 2.22. The third-order valence-corrected chi connectivity index (χ3v) is 2.67. The van der Waals surface area contributed by atoms with Gasteiger partial charge in [-0.3, -0.25) is 0 Å². The Balaban J connectivity index is 4.44. The smallest absolute Gasteiger partial charge is 0.357 e. The monoisotopic (exact) mass is 231 g/mol. The van der Waals surface area contributed by atoms with Crippen LogP contribution in [0.25, 0.3) is 0 Å². The summed E-state index contributed by atoms with van der Waals surface area (Å²) in [7, 11) is 1.41. The SMILES string of the molecule is C=CCSC(C)C(=NOC)C(=O)OCC. The molecule has 1 unspecified atom stereocenters. The van der Waals surface area contributed by atoms with E-state index in [4.69, 9.17) is 4.74 Å². The number of esters is 1. The van der Waals surface area contributed by atoms with Crippen molar-refractivity contribution in [1.29, 1.82) is 0 Å². The molecule has 15 heavy (non-hydrogen) atoms. The van der Waals surface area contributed by atoms with E-state index < -0.39 is 5.97 Å². The van der Waals surface area contributed by atoms with E-state index in [1.54, 1.807) is 24.8 Å². The van der Waals surface area contributed by atoms with Crippen LogP contribution in [0.4, 0.5) is 0 Å². The Hall–Kier alpha value is -0.970. The van der Waals surface area contributed by atoms with Crippen molar-refractivity contribution in [2.24, 2.45) is 5.16 Å². The van der Waals surface area contributed by atoms with Crippen molar-refractivity contribution in [3.8, 4) is 0 Å². The quantitative estimate of drug-likeness (QED) is 0.290. The summed E-state index contributed by atoms with van der Waals surface area (Å²) in [5.41, 5.74) is 0.297. The number of hydrogen-bond donors (Lipinski definition) is 0. The lowest BCUT2D eigenvalue weighted by Crippen LogP contribution is -2.26. The van der Waals surface area contributed by atoms with Crippen molar-refractivity contribution in [2.45, 2.75) is 19.1 Å². The number of thioether (sulfide) groups is 1. The summed E-state index contributed by atoms with van der Waals surface area (Å²) < 4.78 is 4.87. The van der Waals surface area contributed by atoms with E-state index in [9.17, 15) is 4.79 Å². The molecule has 86 valence electrons. The summed E-state index contributed by atoms with van der Waals surface area (Å²) in [5.74, 6) is 0.326. The van der Waals surface area contributed by atoms with Crippen LogP contribution in [0.15, 0.2) is 17.8 Å². The van der Waals surface area contributed by atoms with Gasteiger partial charge in [-0.15, -0.1) is 18.3 Å². The third-order valence-electron chi connectivity index (χ3n) is 1.52. The second-order valence-electron chi connectivity index (χ2n) is 2.64. The van der Waals surface area contributed by atoms with Crippen molar-refractivity contribution in [3.63, 3.8) is 0 Å².